The molecule has 0 bridgehead atoms. The molecule has 22 valence electrons. The Balaban J connectivity index is 0. The number of hydrogen-bond acceptors (Lipinski definition) is 2. The molecule has 0 atom stereocenters. The van der Waals surface area contributed by atoms with Crippen molar-refractivity contribution in [3.05, 3.63) is 0 Å². The third-order valence-corrected chi connectivity index (χ3v) is 0. The van der Waals surface area contributed by atoms with Crippen LogP contribution in [0.1, 0.15) is 0 Å². The first-order valence-corrected chi connectivity index (χ1v) is 0.976. The molecule has 0 spiro atoms. The van der Waals surface area contributed by atoms with E-state index >= 15 is 0 Å². The Morgan fingerprint density at radius 3 is 1.25 bits per heavy atom. The van der Waals surface area contributed by atoms with E-state index in [0.29, 0.717) is 0 Å². The summed E-state index contributed by atoms with van der Waals surface area (Å²) < 4.78 is 16.1. The number of rotatable bonds is 0. The molecule has 0 saturated carbocycles. The zero-order valence-electron chi connectivity index (χ0n) is 1.93. The van der Waals surface area contributed by atoms with Crippen molar-refractivity contribution in [2.75, 3.05) is 0 Å². The maximum absolute atomic E-state index is 8.12. The van der Waals surface area contributed by atoms with Crippen LogP contribution in [0.25, 0.3) is 0 Å². The summed E-state index contributed by atoms with van der Waals surface area (Å²) in [4.78, 5) is 0. The van der Waals surface area contributed by atoms with Gasteiger partial charge in [0.25, 0.3) is 0 Å². The van der Waals surface area contributed by atoms with Crippen molar-refractivity contribution in [2.24, 2.45) is 0 Å². The van der Waals surface area contributed by atoms with Crippen LogP contribution < -0.4 is 0 Å². The van der Waals surface area contributed by atoms with E-state index in [0.717, 1.165) is 0 Å². The van der Waals surface area contributed by atoms with Crippen LogP contribution in [0.2, 0.25) is 0 Å². The minimum atomic E-state index is 1.38. The molecule has 0 fully saturated rings. The molecule has 0 aromatic rings. The summed E-state index contributed by atoms with van der Waals surface area (Å²) in [7, 11) is 2.00. The summed E-state index contributed by atoms with van der Waals surface area (Å²) >= 11 is 1.38. The first kappa shape index (κ1) is 8.89. The van der Waals surface area contributed by atoms with E-state index in [2.05, 4.69) is 0 Å². The van der Waals surface area contributed by atoms with Crippen LogP contribution >= 0.6 is 0 Å². The van der Waals surface area contributed by atoms with E-state index in [1.165, 1.54) is 16.2 Å². The predicted molar refractivity (Wildman–Crippen MR) is 8.52 cm³/mol. The summed E-state index contributed by atoms with van der Waals surface area (Å²) in [5.74, 6) is 0. The molecule has 0 saturated heterocycles. The second kappa shape index (κ2) is 396. The maximum atomic E-state index is 8.12. The Labute approximate surface area is 33.2 Å². The van der Waals surface area contributed by atoms with E-state index in [-0.39, 0.29) is 0 Å². The van der Waals surface area contributed by atoms with Crippen LogP contribution in [-0.4, -0.2) is 7.72 Å². The van der Waals surface area contributed by atoms with E-state index in [1.807, 2.05) is 7.72 Å². The van der Waals surface area contributed by atoms with Gasteiger partial charge in [-0.25, -0.2) is 0 Å². The molecule has 0 unspecified atom stereocenters. The van der Waals surface area contributed by atoms with Crippen LogP contribution in [0.4, 0.5) is 0 Å². The third-order valence-electron chi connectivity index (χ3n) is 0. The van der Waals surface area contributed by atoms with Gasteiger partial charge in [-0.3, -0.25) is 0 Å². The summed E-state index contributed by atoms with van der Waals surface area (Å²) in [6.45, 7) is 0. The Bertz CT molecular complexity index is 8.00. The Morgan fingerprint density at radius 1 is 1.25 bits per heavy atom. The van der Waals surface area contributed by atoms with Gasteiger partial charge >= 0.3 is 32.4 Å². The SMILES string of the molecule is B=O.[O]=[Cr]. The molecule has 0 aromatic heterocycles. The van der Waals surface area contributed by atoms with Crippen LogP contribution in [0, 0.1) is 0 Å². The fraction of sp³-hybridized carbons (Fsp3) is 0. The normalized spacial score (nSPS) is 1.75. The first-order chi connectivity index (χ1) is 2.00. The van der Waals surface area contributed by atoms with E-state index in [1.54, 1.807) is 0 Å². The van der Waals surface area contributed by atoms with Crippen LogP contribution in [0.5, 0.6) is 0 Å². The van der Waals surface area contributed by atoms with Gasteiger partial charge in [-0.15, -0.1) is 0 Å². The molecule has 4 heavy (non-hydrogen) atoms. The van der Waals surface area contributed by atoms with Crippen LogP contribution in [0.3, 0.4) is 0 Å². The van der Waals surface area contributed by atoms with Gasteiger partial charge in [0.05, 0.1) is 0 Å². The van der Waals surface area contributed by atoms with Gasteiger partial charge in [0.2, 0.25) is 0 Å². The van der Waals surface area contributed by atoms with Gasteiger partial charge in [-0.2, -0.15) is 0 Å². The molecular weight excluding hydrogens is 94.8 g/mol. The molecule has 0 aliphatic carbocycles. The van der Waals surface area contributed by atoms with Crippen LogP contribution in [0.15, 0.2) is 0 Å². The monoisotopic (exact) mass is 95.9 g/mol. The van der Waals surface area contributed by atoms with Gasteiger partial charge < -0.3 is 0 Å². The minimum absolute atomic E-state index is 1.38. The van der Waals surface area contributed by atoms with Crippen molar-refractivity contribution < 1.29 is 24.7 Å². The van der Waals surface area contributed by atoms with Crippen molar-refractivity contribution >= 4 is 7.72 Å². The molecule has 0 aliphatic heterocycles. The standard InChI is InChI=1S/BHO.Cr.O/c1-2;;/h1H;;. The van der Waals surface area contributed by atoms with Crippen molar-refractivity contribution in [3.8, 4) is 0 Å². The molecule has 0 rings (SSSR count). The van der Waals surface area contributed by atoms with Crippen molar-refractivity contribution in [2.45, 2.75) is 0 Å². The molecule has 2 nitrogen and oxygen atoms in total. The summed E-state index contributed by atoms with van der Waals surface area (Å²) in [6.07, 6.45) is 0. The quantitative estimate of drug-likeness (QED) is 0.366. The zero-order chi connectivity index (χ0) is 4.00. The van der Waals surface area contributed by atoms with Crippen LogP contribution in [-0.2, 0) is 24.7 Å². The first-order valence-electron chi connectivity index (χ1n) is 0.455. The van der Waals surface area contributed by atoms with Gasteiger partial charge in [-0.1, -0.05) is 0 Å². The van der Waals surface area contributed by atoms with Crippen molar-refractivity contribution in [3.63, 3.8) is 0 Å². The van der Waals surface area contributed by atoms with Gasteiger partial charge in [0, 0.05) is 0 Å². The molecule has 0 N–H and O–H groups in total. The second-order valence-corrected chi connectivity index (χ2v) is 0. The summed E-state index contributed by atoms with van der Waals surface area (Å²) in [5, 5.41) is 0. The zero-order valence-corrected chi connectivity index (χ0v) is 3.21. The molecule has 0 amide bonds. The molecule has 0 heterocycles. The van der Waals surface area contributed by atoms with Gasteiger partial charge in [0.1, 0.15) is 0 Å². The summed E-state index contributed by atoms with van der Waals surface area (Å²) in [5.41, 5.74) is 0. The van der Waals surface area contributed by atoms with E-state index < -0.39 is 0 Å². The van der Waals surface area contributed by atoms with Gasteiger partial charge in [0.15, 0.2) is 0 Å². The molecular formula is HBCrO2. The van der Waals surface area contributed by atoms with E-state index in [4.69, 9.17) is 8.51 Å². The number of hydrogen-bond donors (Lipinski definition) is 0. The van der Waals surface area contributed by atoms with Crippen molar-refractivity contribution in [1.82, 2.24) is 0 Å². The average Bonchev–Trinajstić information content (AvgIpc) is 1.50. The fourth-order valence-corrected chi connectivity index (χ4v) is 0. The van der Waals surface area contributed by atoms with Crippen molar-refractivity contribution in [1.29, 1.82) is 0 Å². The summed E-state index contributed by atoms with van der Waals surface area (Å²) in [6, 6.07) is 0. The fourth-order valence-electron chi connectivity index (χ4n) is 0. The van der Waals surface area contributed by atoms with E-state index in [9.17, 15) is 0 Å². The molecule has 0 aliphatic rings. The molecule has 0 radical (unpaired) electrons. The second-order valence-electron chi connectivity index (χ2n) is 0. The van der Waals surface area contributed by atoms with Gasteiger partial charge in [-0.05, 0) is 0 Å². The molecule has 0 aromatic carbocycles. The Kier molecular flexibility index (Phi) is 880. The predicted octanol–water partition coefficient (Wildman–Crippen LogP) is -0.889. The third kappa shape index (κ3) is 80.9. The Hall–Kier alpha value is 0.197. The Morgan fingerprint density at radius 2 is 1.25 bits per heavy atom. The average molecular weight is 95.8 g/mol. The molecule has 4 heteroatoms. The topological polar surface area (TPSA) is 34.1 Å².